The van der Waals surface area contributed by atoms with Crippen molar-refractivity contribution in [1.29, 1.82) is 0 Å². The van der Waals surface area contributed by atoms with Gasteiger partial charge in [0.1, 0.15) is 12.1 Å². The summed E-state index contributed by atoms with van der Waals surface area (Å²) in [6, 6.07) is 5.89. The van der Waals surface area contributed by atoms with E-state index in [4.69, 9.17) is 5.73 Å². The molecule has 2 aromatic rings. The summed E-state index contributed by atoms with van der Waals surface area (Å²) in [7, 11) is 0. The fraction of sp³-hybridized carbons (Fsp3) is 0.111. The van der Waals surface area contributed by atoms with E-state index in [0.717, 1.165) is 10.6 Å². The van der Waals surface area contributed by atoms with E-state index in [1.807, 2.05) is 6.07 Å². The van der Waals surface area contributed by atoms with Crippen LogP contribution in [0, 0.1) is 6.92 Å². The molecule has 2 aromatic heterocycles. The third kappa shape index (κ3) is 1.67. The third-order valence-electron chi connectivity index (χ3n) is 1.68. The molecular formula is C9H9N3S. The van der Waals surface area contributed by atoms with Crippen LogP contribution in [0.4, 0.5) is 5.82 Å². The number of nitrogens with zero attached hydrogens (tertiary/aromatic N) is 2. The minimum atomic E-state index is 0.510. The summed E-state index contributed by atoms with van der Waals surface area (Å²) in [5.41, 5.74) is 6.45. The number of thiophene rings is 1. The van der Waals surface area contributed by atoms with Gasteiger partial charge in [0.15, 0.2) is 0 Å². The van der Waals surface area contributed by atoms with Gasteiger partial charge in [0.25, 0.3) is 0 Å². The molecule has 0 spiro atoms. The number of rotatable bonds is 1. The number of anilines is 1. The van der Waals surface area contributed by atoms with E-state index in [-0.39, 0.29) is 0 Å². The van der Waals surface area contributed by atoms with E-state index < -0.39 is 0 Å². The molecule has 4 heteroatoms. The van der Waals surface area contributed by atoms with E-state index in [0.29, 0.717) is 5.82 Å². The van der Waals surface area contributed by atoms with E-state index in [2.05, 4.69) is 23.0 Å². The van der Waals surface area contributed by atoms with Gasteiger partial charge >= 0.3 is 0 Å². The van der Waals surface area contributed by atoms with Crippen LogP contribution >= 0.6 is 11.3 Å². The second kappa shape index (κ2) is 3.14. The molecule has 0 unspecified atom stereocenters. The Morgan fingerprint density at radius 1 is 1.31 bits per heavy atom. The van der Waals surface area contributed by atoms with Crippen molar-refractivity contribution in [3.05, 3.63) is 29.4 Å². The Morgan fingerprint density at radius 3 is 2.77 bits per heavy atom. The summed E-state index contributed by atoms with van der Waals surface area (Å²) in [4.78, 5) is 10.4. The third-order valence-corrected chi connectivity index (χ3v) is 2.70. The Labute approximate surface area is 80.3 Å². The Bertz CT molecular complexity index is 422. The predicted octanol–water partition coefficient (Wildman–Crippen LogP) is 2.10. The molecular weight excluding hydrogens is 182 g/mol. The molecule has 0 atom stereocenters. The van der Waals surface area contributed by atoms with Gasteiger partial charge in [-0.1, -0.05) is 0 Å². The summed E-state index contributed by atoms with van der Waals surface area (Å²) in [5.74, 6) is 0.510. The highest BCUT2D eigenvalue weighted by Gasteiger charge is 2.01. The summed E-state index contributed by atoms with van der Waals surface area (Å²) in [5, 5.41) is 0. The lowest BCUT2D eigenvalue weighted by Crippen LogP contribution is -1.91. The molecule has 3 nitrogen and oxygen atoms in total. The molecule has 0 amide bonds. The zero-order valence-electron chi connectivity index (χ0n) is 7.19. The lowest BCUT2D eigenvalue weighted by atomic mass is 10.3. The first kappa shape index (κ1) is 8.19. The normalized spacial score (nSPS) is 10.2. The average Bonchev–Trinajstić information content (AvgIpc) is 2.52. The standard InChI is InChI=1S/C9H9N3S/c1-6-2-3-8(13-6)7-4-9(10)12-5-11-7/h2-5H,1H3,(H2,10,11,12). The van der Waals surface area contributed by atoms with Crippen LogP contribution in [0.5, 0.6) is 0 Å². The van der Waals surface area contributed by atoms with E-state index in [9.17, 15) is 0 Å². The molecule has 0 fully saturated rings. The van der Waals surface area contributed by atoms with Crippen LogP contribution in [0.3, 0.4) is 0 Å². The van der Waals surface area contributed by atoms with Crippen LogP contribution in [-0.2, 0) is 0 Å². The zero-order valence-corrected chi connectivity index (χ0v) is 8.01. The minimum Gasteiger partial charge on any atom is -0.384 e. The molecule has 66 valence electrons. The molecule has 0 radical (unpaired) electrons. The van der Waals surface area contributed by atoms with Crippen molar-refractivity contribution in [2.45, 2.75) is 6.92 Å². The number of hydrogen-bond acceptors (Lipinski definition) is 4. The average molecular weight is 191 g/mol. The van der Waals surface area contributed by atoms with Crippen molar-refractivity contribution in [3.63, 3.8) is 0 Å². The summed E-state index contributed by atoms with van der Waals surface area (Å²) in [6.45, 7) is 2.07. The number of nitrogen functional groups attached to an aromatic ring is 1. The van der Waals surface area contributed by atoms with E-state index >= 15 is 0 Å². The molecule has 2 heterocycles. The summed E-state index contributed by atoms with van der Waals surface area (Å²) >= 11 is 1.70. The van der Waals surface area contributed by atoms with Crippen molar-refractivity contribution < 1.29 is 0 Å². The van der Waals surface area contributed by atoms with Crippen LogP contribution < -0.4 is 5.73 Å². The fourth-order valence-electron chi connectivity index (χ4n) is 1.08. The Morgan fingerprint density at radius 2 is 2.15 bits per heavy atom. The lowest BCUT2D eigenvalue weighted by molar-refractivity contribution is 1.19. The van der Waals surface area contributed by atoms with Crippen molar-refractivity contribution in [3.8, 4) is 10.6 Å². The maximum Gasteiger partial charge on any atom is 0.127 e. The highest BCUT2D eigenvalue weighted by atomic mass is 32.1. The largest absolute Gasteiger partial charge is 0.384 e. The van der Waals surface area contributed by atoms with Gasteiger partial charge in [0, 0.05) is 10.9 Å². The maximum absolute atomic E-state index is 5.56. The van der Waals surface area contributed by atoms with Gasteiger partial charge in [-0.3, -0.25) is 0 Å². The van der Waals surface area contributed by atoms with E-state index in [1.54, 1.807) is 17.4 Å². The quantitative estimate of drug-likeness (QED) is 0.751. The fourth-order valence-corrected chi connectivity index (χ4v) is 1.91. The summed E-state index contributed by atoms with van der Waals surface area (Å²) < 4.78 is 0. The molecule has 0 saturated heterocycles. The SMILES string of the molecule is Cc1ccc(-c2cc(N)ncn2)s1. The topological polar surface area (TPSA) is 51.8 Å². The first-order chi connectivity index (χ1) is 6.25. The van der Waals surface area contributed by atoms with Crippen LogP contribution in [0.25, 0.3) is 10.6 Å². The highest BCUT2D eigenvalue weighted by molar-refractivity contribution is 7.15. The molecule has 0 aliphatic rings. The number of nitrogens with two attached hydrogens (primary N) is 1. The molecule has 0 aliphatic heterocycles. The monoisotopic (exact) mass is 191 g/mol. The maximum atomic E-state index is 5.56. The van der Waals surface area contributed by atoms with Crippen molar-refractivity contribution in [2.24, 2.45) is 0 Å². The molecule has 0 bridgehead atoms. The minimum absolute atomic E-state index is 0.510. The first-order valence-corrected chi connectivity index (χ1v) is 4.72. The Kier molecular flexibility index (Phi) is 1.98. The molecule has 0 saturated carbocycles. The van der Waals surface area contributed by atoms with E-state index in [1.165, 1.54) is 11.2 Å². The summed E-state index contributed by atoms with van der Waals surface area (Å²) in [6.07, 6.45) is 1.49. The van der Waals surface area contributed by atoms with Gasteiger partial charge < -0.3 is 5.73 Å². The van der Waals surface area contributed by atoms with Crippen LogP contribution in [-0.4, -0.2) is 9.97 Å². The smallest absolute Gasteiger partial charge is 0.127 e. The molecule has 2 rings (SSSR count). The van der Waals surface area contributed by atoms with Gasteiger partial charge in [-0.2, -0.15) is 0 Å². The number of hydrogen-bond donors (Lipinski definition) is 1. The van der Waals surface area contributed by atoms with Gasteiger partial charge in [-0.05, 0) is 19.1 Å². The van der Waals surface area contributed by atoms with Crippen molar-refractivity contribution in [2.75, 3.05) is 5.73 Å². The molecule has 2 N–H and O–H groups in total. The highest BCUT2D eigenvalue weighted by Crippen LogP contribution is 2.25. The lowest BCUT2D eigenvalue weighted by Gasteiger charge is -1.95. The second-order valence-electron chi connectivity index (χ2n) is 2.74. The van der Waals surface area contributed by atoms with Crippen LogP contribution in [0.2, 0.25) is 0 Å². The molecule has 0 aromatic carbocycles. The molecule has 0 aliphatic carbocycles. The zero-order chi connectivity index (χ0) is 9.26. The van der Waals surface area contributed by atoms with Crippen LogP contribution in [0.1, 0.15) is 4.88 Å². The van der Waals surface area contributed by atoms with Crippen molar-refractivity contribution >= 4 is 17.2 Å². The van der Waals surface area contributed by atoms with Gasteiger partial charge in [-0.15, -0.1) is 11.3 Å². The predicted molar refractivity (Wildman–Crippen MR) is 54.5 cm³/mol. The second-order valence-corrected chi connectivity index (χ2v) is 4.03. The van der Waals surface area contributed by atoms with Crippen LogP contribution in [0.15, 0.2) is 24.5 Å². The van der Waals surface area contributed by atoms with Crippen molar-refractivity contribution in [1.82, 2.24) is 9.97 Å². The van der Waals surface area contributed by atoms with Gasteiger partial charge in [-0.25, -0.2) is 9.97 Å². The van der Waals surface area contributed by atoms with Gasteiger partial charge in [0.2, 0.25) is 0 Å². The molecule has 13 heavy (non-hydrogen) atoms. The number of aryl methyl sites for hydroxylation is 1. The van der Waals surface area contributed by atoms with Gasteiger partial charge in [0.05, 0.1) is 10.6 Å². The first-order valence-electron chi connectivity index (χ1n) is 3.90. The Balaban J connectivity index is 2.46. The Hall–Kier alpha value is -1.42. The number of aromatic nitrogens is 2.